The molecule has 112 valence electrons. The van der Waals surface area contributed by atoms with Crippen LogP contribution in [0.1, 0.15) is 25.0 Å². The predicted octanol–water partition coefficient (Wildman–Crippen LogP) is 3.09. The lowest BCUT2D eigenvalue weighted by molar-refractivity contribution is 0.573. The molecule has 5 nitrogen and oxygen atoms in total. The van der Waals surface area contributed by atoms with Gasteiger partial charge in [-0.2, -0.15) is 0 Å². The van der Waals surface area contributed by atoms with Gasteiger partial charge in [-0.15, -0.1) is 0 Å². The second-order valence-corrected chi connectivity index (χ2v) is 5.78. The second kappa shape index (κ2) is 5.40. The van der Waals surface area contributed by atoms with Gasteiger partial charge in [0.15, 0.2) is 5.65 Å². The van der Waals surface area contributed by atoms with Crippen molar-refractivity contribution in [2.24, 2.45) is 0 Å². The van der Waals surface area contributed by atoms with E-state index in [2.05, 4.69) is 37.5 Å². The SMILES string of the molecule is Cc1nc2cnccn2c1-c1cccc(N2CCCCC2)n1. The molecule has 0 unspecified atom stereocenters. The number of hydrogen-bond donors (Lipinski definition) is 0. The highest BCUT2D eigenvalue weighted by atomic mass is 15.2. The molecule has 0 saturated carbocycles. The number of imidazole rings is 1. The zero-order chi connectivity index (χ0) is 14.9. The number of nitrogens with zero attached hydrogens (tertiary/aromatic N) is 5. The molecule has 0 aromatic carbocycles. The third-order valence-electron chi connectivity index (χ3n) is 4.26. The third-order valence-corrected chi connectivity index (χ3v) is 4.26. The normalized spacial score (nSPS) is 15.4. The van der Waals surface area contributed by atoms with Gasteiger partial charge in [-0.05, 0) is 38.3 Å². The number of aryl methyl sites for hydroxylation is 1. The molecule has 22 heavy (non-hydrogen) atoms. The Morgan fingerprint density at radius 2 is 1.91 bits per heavy atom. The maximum atomic E-state index is 4.89. The van der Waals surface area contributed by atoms with Crippen molar-refractivity contribution >= 4 is 11.5 Å². The number of rotatable bonds is 2. The van der Waals surface area contributed by atoms with Crippen molar-refractivity contribution in [3.05, 3.63) is 42.5 Å². The first kappa shape index (κ1) is 13.2. The van der Waals surface area contributed by atoms with Crippen LogP contribution < -0.4 is 4.90 Å². The Bertz CT molecular complexity index is 802. The number of anilines is 1. The number of fused-ring (bicyclic) bond motifs is 1. The Hall–Kier alpha value is -2.43. The molecule has 3 aromatic heterocycles. The quantitative estimate of drug-likeness (QED) is 0.728. The Kier molecular flexibility index (Phi) is 3.25. The fraction of sp³-hybridized carbons (Fsp3) is 0.353. The molecule has 4 rings (SSSR count). The first-order chi connectivity index (χ1) is 10.8. The minimum absolute atomic E-state index is 0.861. The van der Waals surface area contributed by atoms with Crippen molar-refractivity contribution in [1.82, 2.24) is 19.4 Å². The van der Waals surface area contributed by atoms with E-state index in [-0.39, 0.29) is 0 Å². The van der Waals surface area contributed by atoms with Gasteiger partial charge in [0.1, 0.15) is 5.82 Å². The first-order valence-corrected chi connectivity index (χ1v) is 7.84. The molecule has 0 radical (unpaired) electrons. The van der Waals surface area contributed by atoms with Gasteiger partial charge in [-0.3, -0.25) is 9.38 Å². The summed E-state index contributed by atoms with van der Waals surface area (Å²) in [7, 11) is 0. The zero-order valence-electron chi connectivity index (χ0n) is 12.7. The maximum absolute atomic E-state index is 4.89. The molecule has 1 aliphatic rings. The highest BCUT2D eigenvalue weighted by molar-refractivity contribution is 5.65. The first-order valence-electron chi connectivity index (χ1n) is 7.84. The highest BCUT2D eigenvalue weighted by Crippen LogP contribution is 2.26. The van der Waals surface area contributed by atoms with E-state index in [0.29, 0.717) is 0 Å². The number of pyridine rings is 1. The molecule has 1 fully saturated rings. The van der Waals surface area contributed by atoms with Crippen LogP contribution in [0.3, 0.4) is 0 Å². The van der Waals surface area contributed by atoms with Crippen LogP contribution in [0.15, 0.2) is 36.8 Å². The summed E-state index contributed by atoms with van der Waals surface area (Å²) >= 11 is 0. The standard InChI is InChI=1S/C17H19N5/c1-13-17(22-11-8-18-12-16(22)19-13)14-6-5-7-15(20-14)21-9-3-2-4-10-21/h5-8,11-12H,2-4,9-10H2,1H3. The Labute approximate surface area is 129 Å². The van der Waals surface area contributed by atoms with Crippen molar-refractivity contribution < 1.29 is 0 Å². The van der Waals surface area contributed by atoms with Crippen molar-refractivity contribution in [3.63, 3.8) is 0 Å². The molecule has 1 saturated heterocycles. The summed E-state index contributed by atoms with van der Waals surface area (Å²) < 4.78 is 2.06. The number of hydrogen-bond acceptors (Lipinski definition) is 4. The summed E-state index contributed by atoms with van der Waals surface area (Å²) in [5.74, 6) is 1.07. The molecule has 3 aromatic rings. The van der Waals surface area contributed by atoms with E-state index < -0.39 is 0 Å². The lowest BCUT2D eigenvalue weighted by Gasteiger charge is -2.27. The molecular weight excluding hydrogens is 274 g/mol. The minimum atomic E-state index is 0.861. The summed E-state index contributed by atoms with van der Waals surface area (Å²) in [5, 5.41) is 0. The third kappa shape index (κ3) is 2.22. The minimum Gasteiger partial charge on any atom is -0.357 e. The lowest BCUT2D eigenvalue weighted by atomic mass is 10.1. The largest absolute Gasteiger partial charge is 0.357 e. The van der Waals surface area contributed by atoms with E-state index in [1.165, 1.54) is 19.3 Å². The number of piperidine rings is 1. The van der Waals surface area contributed by atoms with Crippen LogP contribution in [0.5, 0.6) is 0 Å². The molecule has 0 bridgehead atoms. The molecule has 4 heterocycles. The zero-order valence-corrected chi connectivity index (χ0v) is 12.7. The van der Waals surface area contributed by atoms with Crippen molar-refractivity contribution in [2.75, 3.05) is 18.0 Å². The highest BCUT2D eigenvalue weighted by Gasteiger charge is 2.16. The summed E-state index contributed by atoms with van der Waals surface area (Å²) in [4.78, 5) is 16.0. The van der Waals surface area contributed by atoms with E-state index in [9.17, 15) is 0 Å². The van der Waals surface area contributed by atoms with E-state index in [0.717, 1.165) is 41.6 Å². The van der Waals surface area contributed by atoms with Gasteiger partial charge in [0, 0.05) is 25.5 Å². The molecule has 0 amide bonds. The smallest absolute Gasteiger partial charge is 0.156 e. The molecule has 5 heteroatoms. The summed E-state index contributed by atoms with van der Waals surface area (Å²) in [6.07, 6.45) is 9.35. The van der Waals surface area contributed by atoms with Gasteiger partial charge in [-0.25, -0.2) is 9.97 Å². The average molecular weight is 293 g/mol. The fourth-order valence-electron chi connectivity index (χ4n) is 3.19. The van der Waals surface area contributed by atoms with Crippen molar-refractivity contribution in [3.8, 4) is 11.4 Å². The van der Waals surface area contributed by atoms with E-state index >= 15 is 0 Å². The fourth-order valence-corrected chi connectivity index (χ4v) is 3.19. The van der Waals surface area contributed by atoms with E-state index in [4.69, 9.17) is 4.98 Å². The van der Waals surface area contributed by atoms with Gasteiger partial charge >= 0.3 is 0 Å². The molecule has 1 aliphatic heterocycles. The average Bonchev–Trinajstić information content (AvgIpc) is 2.91. The lowest BCUT2D eigenvalue weighted by Crippen LogP contribution is -2.30. The van der Waals surface area contributed by atoms with Gasteiger partial charge in [0.25, 0.3) is 0 Å². The Balaban J connectivity index is 1.80. The monoisotopic (exact) mass is 293 g/mol. The Morgan fingerprint density at radius 1 is 1.05 bits per heavy atom. The molecule has 0 N–H and O–H groups in total. The second-order valence-electron chi connectivity index (χ2n) is 5.78. The summed E-state index contributed by atoms with van der Waals surface area (Å²) in [6, 6.07) is 6.26. The van der Waals surface area contributed by atoms with Gasteiger partial charge in [0.05, 0.1) is 23.3 Å². The maximum Gasteiger partial charge on any atom is 0.156 e. The van der Waals surface area contributed by atoms with Crippen LogP contribution in [-0.2, 0) is 0 Å². The topological polar surface area (TPSA) is 46.3 Å². The van der Waals surface area contributed by atoms with Crippen LogP contribution in [0, 0.1) is 6.92 Å². The van der Waals surface area contributed by atoms with Crippen molar-refractivity contribution in [1.29, 1.82) is 0 Å². The van der Waals surface area contributed by atoms with Gasteiger partial charge < -0.3 is 4.90 Å². The van der Waals surface area contributed by atoms with Crippen LogP contribution in [0.25, 0.3) is 17.0 Å². The molecule has 0 atom stereocenters. The van der Waals surface area contributed by atoms with Gasteiger partial charge in [-0.1, -0.05) is 6.07 Å². The summed E-state index contributed by atoms with van der Waals surface area (Å²) in [5.41, 5.74) is 3.87. The van der Waals surface area contributed by atoms with E-state index in [1.54, 1.807) is 12.4 Å². The van der Waals surface area contributed by atoms with Crippen LogP contribution in [-0.4, -0.2) is 32.4 Å². The Morgan fingerprint density at radius 3 is 2.77 bits per heavy atom. The number of aromatic nitrogens is 4. The predicted molar refractivity (Wildman–Crippen MR) is 87.0 cm³/mol. The van der Waals surface area contributed by atoms with Crippen LogP contribution in [0.4, 0.5) is 5.82 Å². The van der Waals surface area contributed by atoms with Crippen LogP contribution in [0.2, 0.25) is 0 Å². The molecule has 0 spiro atoms. The molecular formula is C17H19N5. The van der Waals surface area contributed by atoms with Crippen LogP contribution >= 0.6 is 0 Å². The van der Waals surface area contributed by atoms with Crippen molar-refractivity contribution in [2.45, 2.75) is 26.2 Å². The molecule has 0 aliphatic carbocycles. The van der Waals surface area contributed by atoms with E-state index in [1.807, 2.05) is 13.1 Å². The summed E-state index contributed by atoms with van der Waals surface area (Å²) in [6.45, 7) is 4.23. The van der Waals surface area contributed by atoms with Gasteiger partial charge in [0.2, 0.25) is 0 Å².